The monoisotopic (exact) mass is 286 g/mol. The molecule has 0 spiro atoms. The van der Waals surface area contributed by atoms with Crippen LogP contribution in [0.1, 0.15) is 5.76 Å². The van der Waals surface area contributed by atoms with Gasteiger partial charge in [-0.25, -0.2) is 0 Å². The molecule has 89 valence electrons. The summed E-state index contributed by atoms with van der Waals surface area (Å²) in [6, 6.07) is 7.18. The molecule has 2 rings (SSSR count). The smallest absolute Gasteiger partial charge is 0.195 e. The number of hydrogen-bond donors (Lipinski definition) is 1. The van der Waals surface area contributed by atoms with E-state index in [1.54, 1.807) is 30.0 Å². The van der Waals surface area contributed by atoms with Gasteiger partial charge in [0.25, 0.3) is 0 Å². The van der Waals surface area contributed by atoms with Crippen LogP contribution in [0.25, 0.3) is 0 Å². The van der Waals surface area contributed by atoms with Crippen LogP contribution in [0.2, 0.25) is 10.0 Å². The Morgan fingerprint density at radius 2 is 1.94 bits per heavy atom. The van der Waals surface area contributed by atoms with Gasteiger partial charge in [-0.1, -0.05) is 23.2 Å². The maximum atomic E-state index is 5.91. The molecule has 17 heavy (non-hydrogen) atoms. The zero-order chi connectivity index (χ0) is 12.3. The van der Waals surface area contributed by atoms with E-state index in [2.05, 4.69) is 11.6 Å². The minimum absolute atomic E-state index is 0.591. The largest absolute Gasteiger partial charge is 0.455 e. The predicted molar refractivity (Wildman–Crippen MR) is 74.5 cm³/mol. The van der Waals surface area contributed by atoms with E-state index < -0.39 is 0 Å². The Hall–Kier alpha value is -0.770. The van der Waals surface area contributed by atoms with Gasteiger partial charge in [0.2, 0.25) is 0 Å². The van der Waals surface area contributed by atoms with Crippen molar-refractivity contribution in [3.63, 3.8) is 0 Å². The molecule has 0 saturated heterocycles. The highest BCUT2D eigenvalue weighted by atomic mass is 35.5. The van der Waals surface area contributed by atoms with Crippen LogP contribution in [-0.2, 0) is 5.75 Å². The topological polar surface area (TPSA) is 25.2 Å². The van der Waals surface area contributed by atoms with E-state index in [0.717, 1.165) is 22.9 Å². The van der Waals surface area contributed by atoms with Gasteiger partial charge in [-0.15, -0.1) is 0 Å². The van der Waals surface area contributed by atoms with Gasteiger partial charge in [0.05, 0.1) is 11.4 Å². The van der Waals surface area contributed by atoms with Crippen molar-refractivity contribution in [2.45, 2.75) is 5.75 Å². The number of rotatable bonds is 4. The van der Waals surface area contributed by atoms with Gasteiger partial charge in [-0.05, 0) is 24.5 Å². The standard InChI is InChI=1S/C12H10Cl2NOS/c1-17-7-12-5-11(6-16-12)15-10-3-8(13)2-9(14)4-10/h2-5,15H,7H2,1H3. The van der Waals surface area contributed by atoms with Gasteiger partial charge < -0.3 is 9.73 Å². The number of anilines is 2. The second-order valence-electron chi connectivity index (χ2n) is 3.44. The summed E-state index contributed by atoms with van der Waals surface area (Å²) >= 11 is 13.5. The van der Waals surface area contributed by atoms with Gasteiger partial charge in [0.15, 0.2) is 6.26 Å². The van der Waals surface area contributed by atoms with Crippen LogP contribution in [0.15, 0.2) is 28.7 Å². The molecule has 1 N–H and O–H groups in total. The highest BCUT2D eigenvalue weighted by Crippen LogP contribution is 2.26. The lowest BCUT2D eigenvalue weighted by atomic mass is 10.3. The van der Waals surface area contributed by atoms with Gasteiger partial charge in [-0.2, -0.15) is 11.8 Å². The molecular formula is C12H10Cl2NOS. The fraction of sp³-hybridized carbons (Fsp3) is 0.167. The molecule has 1 radical (unpaired) electrons. The van der Waals surface area contributed by atoms with Gasteiger partial charge in [0, 0.05) is 21.8 Å². The molecule has 1 aromatic carbocycles. The lowest BCUT2D eigenvalue weighted by molar-refractivity contribution is 0.523. The number of hydrogen-bond acceptors (Lipinski definition) is 3. The Labute approximate surface area is 114 Å². The molecular weight excluding hydrogens is 277 g/mol. The zero-order valence-electron chi connectivity index (χ0n) is 9.09. The third kappa shape index (κ3) is 3.60. The second-order valence-corrected chi connectivity index (χ2v) is 5.18. The Balaban J connectivity index is 2.13. The van der Waals surface area contributed by atoms with Crippen LogP contribution in [0.5, 0.6) is 0 Å². The Morgan fingerprint density at radius 1 is 1.24 bits per heavy atom. The van der Waals surface area contributed by atoms with Crippen LogP contribution >= 0.6 is 35.0 Å². The summed E-state index contributed by atoms with van der Waals surface area (Å²) in [5.41, 5.74) is 1.59. The number of nitrogens with one attached hydrogen (secondary N) is 1. The van der Waals surface area contributed by atoms with Gasteiger partial charge >= 0.3 is 0 Å². The fourth-order valence-corrected chi connectivity index (χ4v) is 2.35. The minimum Gasteiger partial charge on any atom is -0.455 e. The van der Waals surface area contributed by atoms with Crippen LogP contribution < -0.4 is 5.32 Å². The maximum absolute atomic E-state index is 5.91. The Morgan fingerprint density at radius 3 is 2.59 bits per heavy atom. The van der Waals surface area contributed by atoms with E-state index in [0.29, 0.717) is 10.0 Å². The molecule has 0 fully saturated rings. The van der Waals surface area contributed by atoms with Crippen LogP contribution in [-0.4, -0.2) is 6.26 Å². The first kappa shape index (κ1) is 12.7. The van der Waals surface area contributed by atoms with E-state index >= 15 is 0 Å². The fourth-order valence-electron chi connectivity index (χ4n) is 1.40. The average Bonchev–Trinajstić information content (AvgIpc) is 2.64. The lowest BCUT2D eigenvalue weighted by Gasteiger charge is -2.03. The molecule has 1 heterocycles. The van der Waals surface area contributed by atoms with Crippen LogP contribution in [0.4, 0.5) is 11.4 Å². The van der Waals surface area contributed by atoms with Crippen molar-refractivity contribution < 1.29 is 4.42 Å². The number of halogens is 2. The number of furan rings is 1. The highest BCUT2D eigenvalue weighted by molar-refractivity contribution is 7.97. The third-order valence-electron chi connectivity index (χ3n) is 2.03. The van der Waals surface area contributed by atoms with E-state index in [-0.39, 0.29) is 0 Å². The first-order chi connectivity index (χ1) is 8.17. The first-order valence-corrected chi connectivity index (χ1v) is 7.05. The van der Waals surface area contributed by atoms with E-state index in [9.17, 15) is 0 Å². The van der Waals surface area contributed by atoms with E-state index in [1.165, 1.54) is 0 Å². The molecule has 0 atom stereocenters. The second kappa shape index (κ2) is 5.71. The molecule has 5 heteroatoms. The van der Waals surface area contributed by atoms with Gasteiger partial charge in [-0.3, -0.25) is 0 Å². The molecule has 2 nitrogen and oxygen atoms in total. The first-order valence-electron chi connectivity index (χ1n) is 4.90. The summed E-state index contributed by atoms with van der Waals surface area (Å²) in [5.74, 6) is 1.71. The molecule has 0 bridgehead atoms. The van der Waals surface area contributed by atoms with Crippen LogP contribution in [0.3, 0.4) is 0 Å². The lowest BCUT2D eigenvalue weighted by Crippen LogP contribution is -1.88. The predicted octanol–water partition coefficient (Wildman–Crippen LogP) is 4.99. The summed E-state index contributed by atoms with van der Waals surface area (Å²) in [5, 5.41) is 4.32. The van der Waals surface area contributed by atoms with Gasteiger partial charge in [0.1, 0.15) is 5.76 Å². The SMILES string of the molecule is CSCc1cc(Nc2cc(Cl)cc(Cl)c2)[c]o1. The summed E-state index contributed by atoms with van der Waals surface area (Å²) in [6.07, 6.45) is 4.81. The molecule has 0 saturated carbocycles. The average molecular weight is 287 g/mol. The number of thioether (sulfide) groups is 1. The summed E-state index contributed by atoms with van der Waals surface area (Å²) in [4.78, 5) is 0. The molecule has 0 unspecified atom stereocenters. The van der Waals surface area contributed by atoms with Crippen LogP contribution in [0, 0.1) is 6.26 Å². The van der Waals surface area contributed by atoms with Crippen molar-refractivity contribution >= 4 is 46.3 Å². The van der Waals surface area contributed by atoms with Crippen molar-refractivity contribution in [1.82, 2.24) is 0 Å². The van der Waals surface area contributed by atoms with E-state index in [4.69, 9.17) is 27.6 Å². The third-order valence-corrected chi connectivity index (χ3v) is 3.04. The van der Waals surface area contributed by atoms with E-state index in [1.807, 2.05) is 12.3 Å². The normalized spacial score (nSPS) is 10.5. The van der Waals surface area contributed by atoms with Crippen molar-refractivity contribution in [2.24, 2.45) is 0 Å². The highest BCUT2D eigenvalue weighted by Gasteiger charge is 2.04. The molecule has 2 aromatic rings. The quantitative estimate of drug-likeness (QED) is 0.857. The van der Waals surface area contributed by atoms with Crippen molar-refractivity contribution in [3.05, 3.63) is 46.3 Å². The maximum Gasteiger partial charge on any atom is 0.195 e. The summed E-state index contributed by atoms with van der Waals surface area (Å²) in [6.45, 7) is 0. The summed E-state index contributed by atoms with van der Waals surface area (Å²) < 4.78 is 5.26. The minimum atomic E-state index is 0.591. The molecule has 0 amide bonds. The molecule has 1 aromatic heterocycles. The Bertz CT molecular complexity index is 493. The number of benzene rings is 1. The summed E-state index contributed by atoms with van der Waals surface area (Å²) in [7, 11) is 0. The van der Waals surface area contributed by atoms with Crippen molar-refractivity contribution in [2.75, 3.05) is 11.6 Å². The van der Waals surface area contributed by atoms with Crippen molar-refractivity contribution in [3.8, 4) is 0 Å². The molecule has 0 aliphatic carbocycles. The van der Waals surface area contributed by atoms with Crippen molar-refractivity contribution in [1.29, 1.82) is 0 Å². The zero-order valence-corrected chi connectivity index (χ0v) is 11.4. The molecule has 0 aliphatic heterocycles. The molecule has 0 aliphatic rings. The Kier molecular flexibility index (Phi) is 4.26.